The fraction of sp³-hybridized carbons (Fsp3) is 0. The van der Waals surface area contributed by atoms with Gasteiger partial charge in [0.25, 0.3) is 5.69 Å². The smallest absolute Gasteiger partial charge is 0.342 e. The van der Waals surface area contributed by atoms with E-state index >= 15 is 0 Å². The van der Waals surface area contributed by atoms with Crippen molar-refractivity contribution in [1.82, 2.24) is 0 Å². The van der Waals surface area contributed by atoms with E-state index in [0.29, 0.717) is 0 Å². The second-order valence-corrected chi connectivity index (χ2v) is 2.63. The molecule has 15 heavy (non-hydrogen) atoms. The number of carboxylic acid groups (broad SMARTS) is 1. The molecule has 0 saturated heterocycles. The van der Waals surface area contributed by atoms with Crippen molar-refractivity contribution in [2.45, 2.75) is 0 Å². The number of nitriles is 1. The summed E-state index contributed by atoms with van der Waals surface area (Å²) in [5.74, 6) is -1.46. The van der Waals surface area contributed by atoms with Crippen LogP contribution in [0.15, 0.2) is 12.1 Å². The van der Waals surface area contributed by atoms with Gasteiger partial charge in [-0.05, 0) is 6.07 Å². The molecule has 7 heteroatoms. The lowest BCUT2D eigenvalue weighted by atomic mass is 10.1. The molecule has 0 saturated carbocycles. The number of hydrogen-bond donors (Lipinski definition) is 2. The van der Waals surface area contributed by atoms with Crippen LogP contribution < -0.4 is 5.73 Å². The minimum Gasteiger partial charge on any atom is -0.477 e. The second-order valence-electron chi connectivity index (χ2n) is 2.63. The van der Waals surface area contributed by atoms with Crippen molar-refractivity contribution in [2.75, 3.05) is 5.73 Å². The lowest BCUT2D eigenvalue weighted by Gasteiger charge is -2.01. The molecule has 0 aliphatic rings. The number of nitro benzene ring substituents is 1. The Balaban J connectivity index is 3.54. The number of nitrogens with two attached hydrogens (primary N) is 1. The highest BCUT2D eigenvalue weighted by Gasteiger charge is 2.21. The number of aromatic carboxylic acids is 1. The van der Waals surface area contributed by atoms with E-state index in [4.69, 9.17) is 16.1 Å². The molecule has 0 radical (unpaired) electrons. The largest absolute Gasteiger partial charge is 0.477 e. The number of rotatable bonds is 2. The van der Waals surface area contributed by atoms with Gasteiger partial charge in [0.1, 0.15) is 11.6 Å². The summed E-state index contributed by atoms with van der Waals surface area (Å²) in [4.78, 5) is 20.3. The fourth-order valence-corrected chi connectivity index (χ4v) is 1.02. The number of anilines is 1. The van der Waals surface area contributed by atoms with Crippen LogP contribution in [0.3, 0.4) is 0 Å². The van der Waals surface area contributed by atoms with E-state index in [2.05, 4.69) is 0 Å². The highest BCUT2D eigenvalue weighted by Crippen LogP contribution is 2.24. The van der Waals surface area contributed by atoms with Crippen molar-refractivity contribution in [3.8, 4) is 6.07 Å². The monoisotopic (exact) mass is 207 g/mol. The maximum Gasteiger partial charge on any atom is 0.342 e. The Kier molecular flexibility index (Phi) is 2.53. The molecule has 0 amide bonds. The molecule has 0 aromatic heterocycles. The molecule has 0 bridgehead atoms. The van der Waals surface area contributed by atoms with Gasteiger partial charge < -0.3 is 10.8 Å². The van der Waals surface area contributed by atoms with Crippen molar-refractivity contribution >= 4 is 17.3 Å². The van der Waals surface area contributed by atoms with Gasteiger partial charge in [-0.3, -0.25) is 10.1 Å². The fourth-order valence-electron chi connectivity index (χ4n) is 1.02. The van der Waals surface area contributed by atoms with E-state index in [1.807, 2.05) is 0 Å². The third-order valence-electron chi connectivity index (χ3n) is 1.72. The van der Waals surface area contributed by atoms with E-state index in [1.54, 1.807) is 6.07 Å². The maximum atomic E-state index is 10.6. The molecule has 76 valence electrons. The van der Waals surface area contributed by atoms with Gasteiger partial charge in [-0.1, -0.05) is 0 Å². The predicted octanol–water partition coefficient (Wildman–Crippen LogP) is 0.747. The van der Waals surface area contributed by atoms with Crippen molar-refractivity contribution in [3.63, 3.8) is 0 Å². The lowest BCUT2D eigenvalue weighted by molar-refractivity contribution is -0.385. The predicted molar refractivity (Wildman–Crippen MR) is 49.2 cm³/mol. The summed E-state index contributed by atoms with van der Waals surface area (Å²) in [5.41, 5.74) is 3.94. The Hall–Kier alpha value is -2.62. The van der Waals surface area contributed by atoms with Crippen LogP contribution in [0.1, 0.15) is 15.9 Å². The normalized spacial score (nSPS) is 9.27. The molecule has 0 fully saturated rings. The lowest BCUT2D eigenvalue weighted by Crippen LogP contribution is -2.05. The van der Waals surface area contributed by atoms with Gasteiger partial charge >= 0.3 is 5.97 Å². The molecule has 0 spiro atoms. The molecule has 0 heterocycles. The zero-order valence-electron chi connectivity index (χ0n) is 7.30. The summed E-state index contributed by atoms with van der Waals surface area (Å²) in [6, 6.07) is 3.38. The van der Waals surface area contributed by atoms with Crippen LogP contribution in [0.2, 0.25) is 0 Å². The topological polar surface area (TPSA) is 130 Å². The number of benzene rings is 1. The van der Waals surface area contributed by atoms with Gasteiger partial charge in [0.05, 0.1) is 16.2 Å². The van der Waals surface area contributed by atoms with Crippen molar-refractivity contribution < 1.29 is 14.8 Å². The van der Waals surface area contributed by atoms with E-state index in [-0.39, 0.29) is 11.3 Å². The van der Waals surface area contributed by atoms with Crippen LogP contribution >= 0.6 is 0 Å². The second kappa shape index (κ2) is 3.63. The highest BCUT2D eigenvalue weighted by molar-refractivity contribution is 5.94. The molecule has 7 nitrogen and oxygen atoms in total. The minimum atomic E-state index is -1.46. The molecule has 3 N–H and O–H groups in total. The Morgan fingerprint density at radius 2 is 2.20 bits per heavy atom. The van der Waals surface area contributed by atoms with Crippen LogP contribution in [0.25, 0.3) is 0 Å². The zero-order chi connectivity index (χ0) is 11.6. The first-order valence-corrected chi connectivity index (χ1v) is 3.68. The molecule has 0 atom stereocenters. The molecular weight excluding hydrogens is 202 g/mol. The maximum absolute atomic E-state index is 10.6. The standard InChI is InChI=1S/C8H5N3O4/c9-3-4-1-7(11(14)15)5(8(12)13)2-6(4)10/h1-2H,10H2,(H,12,13). The minimum absolute atomic E-state index is 0.0968. The van der Waals surface area contributed by atoms with Gasteiger partial charge in [0, 0.05) is 6.07 Å². The first-order chi connectivity index (χ1) is 6.97. The third-order valence-corrected chi connectivity index (χ3v) is 1.72. The van der Waals surface area contributed by atoms with Crippen LogP contribution in [0.5, 0.6) is 0 Å². The van der Waals surface area contributed by atoms with Gasteiger partial charge in [0.15, 0.2) is 0 Å². The van der Waals surface area contributed by atoms with Crippen molar-refractivity contribution in [1.29, 1.82) is 5.26 Å². The Labute approximate surface area is 83.5 Å². The van der Waals surface area contributed by atoms with E-state index < -0.39 is 22.1 Å². The van der Waals surface area contributed by atoms with Gasteiger partial charge in [0.2, 0.25) is 0 Å². The number of nitrogens with zero attached hydrogens (tertiary/aromatic N) is 2. The number of nitro groups is 1. The number of nitrogen functional groups attached to an aromatic ring is 1. The summed E-state index contributed by atoms with van der Waals surface area (Å²) in [6.07, 6.45) is 0. The molecule has 1 aromatic rings. The summed E-state index contributed by atoms with van der Waals surface area (Å²) < 4.78 is 0. The van der Waals surface area contributed by atoms with Gasteiger partial charge in [-0.25, -0.2) is 4.79 Å². The SMILES string of the molecule is N#Cc1cc([N+](=O)[O-])c(C(=O)O)cc1N. The van der Waals surface area contributed by atoms with E-state index in [1.165, 1.54) is 0 Å². The van der Waals surface area contributed by atoms with Gasteiger partial charge in [-0.15, -0.1) is 0 Å². The third kappa shape index (κ3) is 1.83. The Bertz CT molecular complexity index is 489. The molecule has 0 aliphatic carbocycles. The molecule has 0 aliphatic heterocycles. The Morgan fingerprint density at radius 3 is 2.60 bits per heavy atom. The van der Waals surface area contributed by atoms with Crippen LogP contribution in [-0.2, 0) is 0 Å². The molecule has 1 aromatic carbocycles. The average molecular weight is 207 g/mol. The molecular formula is C8H5N3O4. The van der Waals surface area contributed by atoms with E-state index in [0.717, 1.165) is 12.1 Å². The average Bonchev–Trinajstić information content (AvgIpc) is 2.16. The summed E-state index contributed by atoms with van der Waals surface area (Å²) in [5, 5.41) is 27.7. The Morgan fingerprint density at radius 1 is 1.60 bits per heavy atom. The summed E-state index contributed by atoms with van der Waals surface area (Å²) in [6.45, 7) is 0. The van der Waals surface area contributed by atoms with Gasteiger partial charge in [-0.2, -0.15) is 5.26 Å². The molecule has 0 unspecified atom stereocenters. The number of hydrogen-bond acceptors (Lipinski definition) is 5. The van der Waals surface area contributed by atoms with Crippen LogP contribution in [0.4, 0.5) is 11.4 Å². The molecule has 1 rings (SSSR count). The summed E-state index contributed by atoms with van der Waals surface area (Å²) in [7, 11) is 0. The van der Waals surface area contributed by atoms with Crippen molar-refractivity contribution in [2.24, 2.45) is 0 Å². The number of carbonyl (C=O) groups is 1. The van der Waals surface area contributed by atoms with Crippen LogP contribution in [-0.4, -0.2) is 16.0 Å². The number of carboxylic acids is 1. The summed E-state index contributed by atoms with van der Waals surface area (Å²) >= 11 is 0. The highest BCUT2D eigenvalue weighted by atomic mass is 16.6. The zero-order valence-corrected chi connectivity index (χ0v) is 7.30. The quantitative estimate of drug-likeness (QED) is 0.418. The first-order valence-electron chi connectivity index (χ1n) is 3.68. The van der Waals surface area contributed by atoms with E-state index in [9.17, 15) is 14.9 Å². The van der Waals surface area contributed by atoms with Crippen LogP contribution in [0, 0.1) is 21.4 Å². The first kappa shape index (κ1) is 10.5. The van der Waals surface area contributed by atoms with Crippen molar-refractivity contribution in [3.05, 3.63) is 33.4 Å².